The molecule has 0 saturated heterocycles. The number of carbonyl (C=O) groups excluding carboxylic acids is 2. The molecule has 0 aliphatic heterocycles. The molecule has 0 aromatic rings. The molecule has 1 N–H and O–H groups in total. The van der Waals surface area contributed by atoms with E-state index in [1.54, 1.807) is 0 Å². The standard InChI is InChI=1S/C63H109NO8/c1-6-8-10-12-14-16-18-20-22-23-24-25-26-27-28-29-30-31-32-33-34-35-36-37-38-39-40-42-44-46-48-50-52-54-61(66)72-59(58-71-63(62(67)68)69-56-55-64(3,4)5)57-70-60(65)53-51-49-47-45-43-41-21-19-17-15-13-11-9-7-2/h8,10,14,16,20,22,24-25,27-28,30-31,33-34,59,63H,6-7,9,11-13,15,17-19,21,23,26,29,32,35-58H2,1-5H3/p+1/b10-8-,16-14-,22-20-,25-24-,28-27-,31-30-,34-33-. The normalized spacial score (nSPS) is 13.4. The van der Waals surface area contributed by atoms with Gasteiger partial charge >= 0.3 is 17.9 Å². The van der Waals surface area contributed by atoms with Crippen molar-refractivity contribution in [2.45, 2.75) is 251 Å². The van der Waals surface area contributed by atoms with Crippen molar-refractivity contribution in [2.24, 2.45) is 0 Å². The maximum absolute atomic E-state index is 12.9. The van der Waals surface area contributed by atoms with Gasteiger partial charge in [0.2, 0.25) is 0 Å². The van der Waals surface area contributed by atoms with Gasteiger partial charge in [-0.1, -0.05) is 240 Å². The Hall–Kier alpha value is -3.53. The third-order valence-electron chi connectivity index (χ3n) is 12.4. The van der Waals surface area contributed by atoms with Crippen molar-refractivity contribution in [3.05, 3.63) is 85.1 Å². The van der Waals surface area contributed by atoms with E-state index in [2.05, 4.69) is 98.9 Å². The van der Waals surface area contributed by atoms with Gasteiger partial charge in [0.1, 0.15) is 13.2 Å². The summed E-state index contributed by atoms with van der Waals surface area (Å²) in [5.74, 6) is -2.01. The highest BCUT2D eigenvalue weighted by Gasteiger charge is 2.25. The number of hydrogen-bond acceptors (Lipinski definition) is 7. The third kappa shape index (κ3) is 54.2. The van der Waals surface area contributed by atoms with Crippen LogP contribution in [0.15, 0.2) is 85.1 Å². The van der Waals surface area contributed by atoms with Crippen molar-refractivity contribution in [2.75, 3.05) is 47.5 Å². The summed E-state index contributed by atoms with van der Waals surface area (Å²) in [6, 6.07) is 0. The lowest BCUT2D eigenvalue weighted by Crippen LogP contribution is -2.40. The number of carboxylic acids is 1. The fourth-order valence-corrected chi connectivity index (χ4v) is 7.94. The Morgan fingerprint density at radius 1 is 0.431 bits per heavy atom. The van der Waals surface area contributed by atoms with Crippen LogP contribution in [0, 0.1) is 0 Å². The van der Waals surface area contributed by atoms with Crippen LogP contribution in [0.3, 0.4) is 0 Å². The second-order valence-electron chi connectivity index (χ2n) is 20.6. The monoisotopic (exact) mass is 1010 g/mol. The first-order chi connectivity index (χ1) is 35.1. The van der Waals surface area contributed by atoms with Gasteiger partial charge in [-0.15, -0.1) is 0 Å². The fraction of sp³-hybridized carbons (Fsp3) is 0.730. The molecule has 0 aromatic heterocycles. The molecule has 0 aliphatic rings. The summed E-state index contributed by atoms with van der Waals surface area (Å²) in [7, 11) is 5.96. The minimum atomic E-state index is -1.51. The van der Waals surface area contributed by atoms with Crippen LogP contribution >= 0.6 is 0 Å². The molecule has 72 heavy (non-hydrogen) atoms. The molecule has 414 valence electrons. The predicted molar refractivity (Wildman–Crippen MR) is 304 cm³/mol. The second kappa shape index (κ2) is 53.8. The summed E-state index contributed by atoms with van der Waals surface area (Å²) in [4.78, 5) is 37.4. The molecule has 0 bridgehead atoms. The molecule has 9 heteroatoms. The first-order valence-corrected chi connectivity index (χ1v) is 29.3. The molecule has 9 nitrogen and oxygen atoms in total. The molecule has 0 rings (SSSR count). The Bertz CT molecular complexity index is 1450. The summed E-state index contributed by atoms with van der Waals surface area (Å²) in [6.07, 6.45) is 68.0. The molecule has 2 atom stereocenters. The number of nitrogens with zero attached hydrogens (tertiary/aromatic N) is 1. The summed E-state index contributed by atoms with van der Waals surface area (Å²) in [6.45, 7) is 4.77. The number of aliphatic carboxylic acids is 1. The SMILES string of the molecule is CC/C=C\C/C=C\C/C=C\C/C=C\C/C=C\C/C=C\C/C=C\CCCCCCCCCCCCCC(=O)OC(COC(=O)CCCCCCCCCCCCCCCC)COC(OCC[N+](C)(C)C)C(=O)O. The van der Waals surface area contributed by atoms with Gasteiger partial charge < -0.3 is 28.5 Å². The molecule has 0 aromatic carbocycles. The highest BCUT2D eigenvalue weighted by atomic mass is 16.7. The number of quaternary nitrogens is 1. The maximum Gasteiger partial charge on any atom is 0.361 e. The first-order valence-electron chi connectivity index (χ1n) is 29.3. The number of ether oxygens (including phenoxy) is 4. The maximum atomic E-state index is 12.9. The number of unbranched alkanes of at least 4 members (excludes halogenated alkanes) is 24. The zero-order valence-electron chi connectivity index (χ0n) is 47.1. The van der Waals surface area contributed by atoms with Gasteiger partial charge in [-0.05, 0) is 70.6 Å². The van der Waals surface area contributed by atoms with Gasteiger partial charge in [-0.25, -0.2) is 4.79 Å². The molecule has 0 heterocycles. The van der Waals surface area contributed by atoms with Crippen molar-refractivity contribution in [3.8, 4) is 0 Å². The highest BCUT2D eigenvalue weighted by molar-refractivity contribution is 5.71. The van der Waals surface area contributed by atoms with Gasteiger partial charge in [0.05, 0.1) is 34.4 Å². The molecule has 0 aliphatic carbocycles. The predicted octanol–water partition coefficient (Wildman–Crippen LogP) is 17.2. The molecule has 0 amide bonds. The molecular formula is C63H110NO8+. The van der Waals surface area contributed by atoms with E-state index in [4.69, 9.17) is 18.9 Å². The molecular weight excluding hydrogens is 899 g/mol. The van der Waals surface area contributed by atoms with Crippen molar-refractivity contribution in [1.29, 1.82) is 0 Å². The van der Waals surface area contributed by atoms with Crippen molar-refractivity contribution >= 4 is 17.9 Å². The Labute approximate surface area is 442 Å². The zero-order valence-corrected chi connectivity index (χ0v) is 47.1. The minimum absolute atomic E-state index is 0.183. The van der Waals surface area contributed by atoms with Crippen LogP contribution in [0.5, 0.6) is 0 Å². The van der Waals surface area contributed by atoms with Crippen LogP contribution in [0.4, 0.5) is 0 Å². The van der Waals surface area contributed by atoms with Gasteiger partial charge in [0.15, 0.2) is 6.10 Å². The Morgan fingerprint density at radius 3 is 1.18 bits per heavy atom. The van der Waals surface area contributed by atoms with Crippen molar-refractivity contribution in [1.82, 2.24) is 0 Å². The Kier molecular flexibility index (Phi) is 51.1. The number of carboxylic acid groups (broad SMARTS) is 1. The largest absolute Gasteiger partial charge is 0.477 e. The van der Waals surface area contributed by atoms with Crippen LogP contribution in [0.1, 0.15) is 239 Å². The molecule has 2 unspecified atom stereocenters. The lowest BCUT2D eigenvalue weighted by molar-refractivity contribution is -0.870. The average molecular weight is 1010 g/mol. The van der Waals surface area contributed by atoms with E-state index in [1.165, 1.54) is 116 Å². The highest BCUT2D eigenvalue weighted by Crippen LogP contribution is 2.16. The van der Waals surface area contributed by atoms with E-state index >= 15 is 0 Å². The molecule has 0 saturated carbocycles. The number of rotatable bonds is 53. The smallest absolute Gasteiger partial charge is 0.361 e. The van der Waals surface area contributed by atoms with Gasteiger partial charge in [0, 0.05) is 12.8 Å². The quantitative estimate of drug-likeness (QED) is 0.0211. The number of esters is 2. The number of hydrogen-bond donors (Lipinski definition) is 1. The number of carbonyl (C=O) groups is 3. The van der Waals surface area contributed by atoms with Crippen LogP contribution in [-0.4, -0.2) is 87.4 Å². The molecule has 0 spiro atoms. The number of allylic oxidation sites excluding steroid dienone is 14. The zero-order chi connectivity index (χ0) is 52.7. The van der Waals surface area contributed by atoms with Crippen LogP contribution in [-0.2, 0) is 33.3 Å². The van der Waals surface area contributed by atoms with Crippen LogP contribution < -0.4 is 0 Å². The topological polar surface area (TPSA) is 108 Å². The van der Waals surface area contributed by atoms with E-state index in [0.717, 1.165) is 89.9 Å². The lowest BCUT2D eigenvalue weighted by Gasteiger charge is -2.25. The van der Waals surface area contributed by atoms with Gasteiger partial charge in [-0.2, -0.15) is 0 Å². The molecule has 0 radical (unpaired) electrons. The number of likely N-dealkylation sites (N-methyl/N-ethyl adjacent to an activating group) is 1. The van der Waals surface area contributed by atoms with Gasteiger partial charge in [0.25, 0.3) is 6.29 Å². The summed E-state index contributed by atoms with van der Waals surface area (Å²) < 4.78 is 22.9. The van der Waals surface area contributed by atoms with Crippen LogP contribution in [0.2, 0.25) is 0 Å². The van der Waals surface area contributed by atoms with Gasteiger partial charge in [-0.3, -0.25) is 9.59 Å². The van der Waals surface area contributed by atoms with E-state index in [9.17, 15) is 19.5 Å². The van der Waals surface area contributed by atoms with E-state index in [0.29, 0.717) is 23.9 Å². The summed E-state index contributed by atoms with van der Waals surface area (Å²) in [5, 5.41) is 9.69. The summed E-state index contributed by atoms with van der Waals surface area (Å²) in [5.41, 5.74) is 0. The second-order valence-corrected chi connectivity index (χ2v) is 20.6. The minimum Gasteiger partial charge on any atom is -0.477 e. The Morgan fingerprint density at radius 2 is 0.792 bits per heavy atom. The van der Waals surface area contributed by atoms with Crippen molar-refractivity contribution < 1.29 is 42.9 Å². The third-order valence-corrected chi connectivity index (χ3v) is 12.4. The van der Waals surface area contributed by atoms with Crippen LogP contribution in [0.25, 0.3) is 0 Å². The first kappa shape index (κ1) is 68.5. The van der Waals surface area contributed by atoms with Crippen molar-refractivity contribution in [3.63, 3.8) is 0 Å². The van der Waals surface area contributed by atoms with E-state index < -0.39 is 24.3 Å². The van der Waals surface area contributed by atoms with E-state index in [1.807, 2.05) is 21.1 Å². The molecule has 0 fully saturated rings. The van der Waals surface area contributed by atoms with E-state index in [-0.39, 0.29) is 32.2 Å². The average Bonchev–Trinajstić information content (AvgIpc) is 3.35. The summed E-state index contributed by atoms with van der Waals surface area (Å²) >= 11 is 0. The lowest BCUT2D eigenvalue weighted by atomic mass is 10.0. The fourth-order valence-electron chi connectivity index (χ4n) is 7.94. The Balaban J connectivity index is 4.18.